The van der Waals surface area contributed by atoms with Gasteiger partial charge in [-0.15, -0.1) is 11.8 Å². The average molecular weight is 570 g/mol. The Bertz CT molecular complexity index is 1570. The van der Waals surface area contributed by atoms with Crippen LogP contribution in [0, 0.1) is 0 Å². The maximum atomic E-state index is 13.2. The van der Waals surface area contributed by atoms with Crippen LogP contribution in [-0.2, 0) is 9.59 Å². The summed E-state index contributed by atoms with van der Waals surface area (Å²) in [6, 6.07) is 24.9. The molecule has 0 aliphatic rings. The number of carboxylic acids is 1. The third-order valence-electron chi connectivity index (χ3n) is 5.77. The van der Waals surface area contributed by atoms with Crippen molar-refractivity contribution in [2.24, 2.45) is 0 Å². The van der Waals surface area contributed by atoms with E-state index in [-0.39, 0.29) is 17.2 Å². The third-order valence-corrected chi connectivity index (χ3v) is 7.13. The van der Waals surface area contributed by atoms with Gasteiger partial charge in [0, 0.05) is 27.9 Å². The molecule has 9 nitrogen and oxygen atoms in total. The van der Waals surface area contributed by atoms with Crippen LogP contribution in [0.3, 0.4) is 0 Å². The number of nitrogens with one attached hydrogen (secondary N) is 3. The molecule has 1 heterocycles. The van der Waals surface area contributed by atoms with E-state index in [1.165, 1.54) is 36.2 Å². The smallest absolute Gasteiger partial charge is 0.335 e. The van der Waals surface area contributed by atoms with Crippen molar-refractivity contribution in [2.75, 3.05) is 10.6 Å². The fourth-order valence-electron chi connectivity index (χ4n) is 3.74. The number of benzene rings is 3. The molecule has 4 rings (SSSR count). The highest BCUT2D eigenvalue weighted by molar-refractivity contribution is 8.00. The highest BCUT2D eigenvalue weighted by Gasteiger charge is 2.20. The highest BCUT2D eigenvalue weighted by Crippen LogP contribution is 2.29. The molecule has 0 aliphatic heterocycles. The summed E-state index contributed by atoms with van der Waals surface area (Å²) in [5, 5.41) is 16.9. The Balaban J connectivity index is 1.46. The summed E-state index contributed by atoms with van der Waals surface area (Å²) in [5.41, 5.74) is 1.31. The van der Waals surface area contributed by atoms with E-state index in [4.69, 9.17) is 4.42 Å². The van der Waals surface area contributed by atoms with Gasteiger partial charge in [0.05, 0.1) is 17.1 Å². The van der Waals surface area contributed by atoms with Crippen molar-refractivity contribution in [1.29, 1.82) is 0 Å². The molecule has 208 valence electrons. The molecule has 0 saturated heterocycles. The molecule has 0 bridgehead atoms. The van der Waals surface area contributed by atoms with Crippen molar-refractivity contribution >= 4 is 52.9 Å². The number of rotatable bonds is 11. The zero-order valence-corrected chi connectivity index (χ0v) is 22.8. The van der Waals surface area contributed by atoms with Crippen molar-refractivity contribution < 1.29 is 28.7 Å². The molecule has 1 atom stereocenters. The minimum absolute atomic E-state index is 0.0127. The molecule has 0 fully saturated rings. The normalized spacial score (nSPS) is 11.8. The number of carbonyl (C=O) groups is 4. The second-order valence-corrected chi connectivity index (χ2v) is 10.0. The van der Waals surface area contributed by atoms with Crippen LogP contribution in [0.1, 0.15) is 39.8 Å². The summed E-state index contributed by atoms with van der Waals surface area (Å²) < 4.78 is 5.33. The zero-order chi connectivity index (χ0) is 29.2. The first-order valence-electron chi connectivity index (χ1n) is 12.7. The standard InChI is InChI=1S/C31H27N3O6S/c1-2-27(30(37)33-22-12-6-11-21(17-22)31(38)39)41-25-15-7-13-23(18-25)32-29(36)26(19-24-14-8-16-40-24)34-28(35)20-9-4-3-5-10-20/h3-19,27H,2H2,1H3,(H,32,36)(H,33,37)(H,34,35)(H,38,39)/b26-19-. The maximum absolute atomic E-state index is 13.2. The van der Waals surface area contributed by atoms with Gasteiger partial charge in [-0.25, -0.2) is 4.79 Å². The molecule has 0 radical (unpaired) electrons. The fourth-order valence-corrected chi connectivity index (χ4v) is 4.76. The number of amides is 3. The Hall–Kier alpha value is -5.09. The fraction of sp³-hybridized carbons (Fsp3) is 0.0968. The lowest BCUT2D eigenvalue weighted by Gasteiger charge is -2.16. The highest BCUT2D eigenvalue weighted by atomic mass is 32.2. The van der Waals surface area contributed by atoms with E-state index in [0.29, 0.717) is 29.1 Å². The Morgan fingerprint density at radius 2 is 1.56 bits per heavy atom. The van der Waals surface area contributed by atoms with E-state index < -0.39 is 23.0 Å². The molecule has 41 heavy (non-hydrogen) atoms. The molecular weight excluding hydrogens is 542 g/mol. The van der Waals surface area contributed by atoms with Gasteiger partial charge < -0.3 is 25.5 Å². The van der Waals surface area contributed by atoms with Crippen LogP contribution < -0.4 is 16.0 Å². The Morgan fingerprint density at radius 3 is 2.24 bits per heavy atom. The summed E-state index contributed by atoms with van der Waals surface area (Å²) in [7, 11) is 0. The number of aromatic carboxylic acids is 1. The molecule has 0 spiro atoms. The lowest BCUT2D eigenvalue weighted by molar-refractivity contribution is -0.116. The Kier molecular flexibility index (Phi) is 9.74. The number of carbonyl (C=O) groups excluding carboxylic acids is 3. The number of anilines is 2. The minimum Gasteiger partial charge on any atom is -0.478 e. The predicted molar refractivity (Wildman–Crippen MR) is 158 cm³/mol. The van der Waals surface area contributed by atoms with Crippen molar-refractivity contribution in [3.63, 3.8) is 0 Å². The van der Waals surface area contributed by atoms with Gasteiger partial charge in [-0.1, -0.05) is 37.3 Å². The van der Waals surface area contributed by atoms with Gasteiger partial charge in [0.1, 0.15) is 11.5 Å². The minimum atomic E-state index is -1.08. The number of carboxylic acid groups (broad SMARTS) is 1. The molecule has 0 saturated carbocycles. The summed E-state index contributed by atoms with van der Waals surface area (Å²) in [6.45, 7) is 1.87. The molecule has 3 amide bonds. The monoisotopic (exact) mass is 569 g/mol. The number of hydrogen-bond donors (Lipinski definition) is 4. The SMILES string of the molecule is CCC(Sc1cccc(NC(=O)/C(=C/c2ccco2)NC(=O)c2ccccc2)c1)C(=O)Nc1cccc(C(=O)O)c1. The maximum Gasteiger partial charge on any atom is 0.335 e. The van der Waals surface area contributed by atoms with Crippen LogP contribution in [0.5, 0.6) is 0 Å². The van der Waals surface area contributed by atoms with E-state index in [2.05, 4.69) is 16.0 Å². The predicted octanol–water partition coefficient (Wildman–Crippen LogP) is 5.90. The van der Waals surface area contributed by atoms with Gasteiger partial charge in [-0.3, -0.25) is 14.4 Å². The summed E-state index contributed by atoms with van der Waals surface area (Å²) in [6.07, 6.45) is 3.41. The first-order chi connectivity index (χ1) is 19.8. The van der Waals surface area contributed by atoms with Gasteiger partial charge in [0.15, 0.2) is 0 Å². The first kappa shape index (κ1) is 28.9. The quantitative estimate of drug-likeness (QED) is 0.130. The second-order valence-electron chi connectivity index (χ2n) is 8.77. The lowest BCUT2D eigenvalue weighted by atomic mass is 10.2. The van der Waals surface area contributed by atoms with Crippen LogP contribution in [0.2, 0.25) is 0 Å². The average Bonchev–Trinajstić information content (AvgIpc) is 3.49. The van der Waals surface area contributed by atoms with E-state index in [1.807, 2.05) is 13.0 Å². The van der Waals surface area contributed by atoms with Gasteiger partial charge in [-0.05, 0) is 67.1 Å². The van der Waals surface area contributed by atoms with Crippen LogP contribution in [-0.4, -0.2) is 34.0 Å². The van der Waals surface area contributed by atoms with Crippen molar-refractivity contribution in [2.45, 2.75) is 23.5 Å². The number of furan rings is 1. The topological polar surface area (TPSA) is 138 Å². The van der Waals surface area contributed by atoms with Gasteiger partial charge in [0.2, 0.25) is 5.91 Å². The lowest BCUT2D eigenvalue weighted by Crippen LogP contribution is -2.30. The van der Waals surface area contributed by atoms with Crippen LogP contribution in [0.15, 0.2) is 112 Å². The summed E-state index contributed by atoms with van der Waals surface area (Å²) >= 11 is 1.31. The van der Waals surface area contributed by atoms with Crippen LogP contribution in [0.4, 0.5) is 11.4 Å². The van der Waals surface area contributed by atoms with Crippen LogP contribution in [0.25, 0.3) is 6.08 Å². The molecule has 4 N–H and O–H groups in total. The first-order valence-corrected chi connectivity index (χ1v) is 13.5. The van der Waals surface area contributed by atoms with Crippen molar-refractivity contribution in [3.05, 3.63) is 120 Å². The number of hydrogen-bond acceptors (Lipinski definition) is 6. The summed E-state index contributed by atoms with van der Waals surface area (Å²) in [4.78, 5) is 50.9. The van der Waals surface area contributed by atoms with Crippen molar-refractivity contribution in [3.8, 4) is 0 Å². The molecule has 3 aromatic carbocycles. The van der Waals surface area contributed by atoms with E-state index >= 15 is 0 Å². The number of thioether (sulfide) groups is 1. The zero-order valence-electron chi connectivity index (χ0n) is 22.0. The van der Waals surface area contributed by atoms with Gasteiger partial charge in [-0.2, -0.15) is 0 Å². The largest absolute Gasteiger partial charge is 0.478 e. The Labute approximate surface area is 240 Å². The van der Waals surface area contributed by atoms with Crippen molar-refractivity contribution in [1.82, 2.24) is 5.32 Å². The summed E-state index contributed by atoms with van der Waals surface area (Å²) in [5.74, 6) is -1.98. The second kappa shape index (κ2) is 13.8. The molecular formula is C31H27N3O6S. The van der Waals surface area contributed by atoms with E-state index in [9.17, 15) is 24.3 Å². The molecule has 0 aliphatic carbocycles. The molecule has 10 heteroatoms. The molecule has 1 unspecified atom stereocenters. The third kappa shape index (κ3) is 8.20. The van der Waals surface area contributed by atoms with Gasteiger partial charge >= 0.3 is 5.97 Å². The van der Waals surface area contributed by atoms with Crippen LogP contribution >= 0.6 is 11.8 Å². The van der Waals surface area contributed by atoms with E-state index in [1.54, 1.807) is 72.8 Å². The Morgan fingerprint density at radius 1 is 0.854 bits per heavy atom. The van der Waals surface area contributed by atoms with Gasteiger partial charge in [0.25, 0.3) is 11.8 Å². The molecule has 4 aromatic rings. The van der Waals surface area contributed by atoms with E-state index in [0.717, 1.165) is 4.90 Å². The molecule has 1 aromatic heterocycles.